The Labute approximate surface area is 192 Å². The fourth-order valence-corrected chi connectivity index (χ4v) is 3.48. The van der Waals surface area contributed by atoms with Crippen LogP contribution in [0.25, 0.3) is 5.69 Å². The number of guanidine groups is 1. The Morgan fingerprint density at radius 1 is 1.20 bits per heavy atom. The predicted octanol–water partition coefficient (Wildman–Crippen LogP) is 1.65. The van der Waals surface area contributed by atoms with Crippen LogP contribution in [0.3, 0.4) is 0 Å². The summed E-state index contributed by atoms with van der Waals surface area (Å²) in [4.78, 5) is 20.8. The lowest BCUT2D eigenvalue weighted by Crippen LogP contribution is -2.55. The summed E-state index contributed by atoms with van der Waals surface area (Å²) in [6, 6.07) is 9.98. The van der Waals surface area contributed by atoms with Crippen LogP contribution in [0.5, 0.6) is 0 Å². The van der Waals surface area contributed by atoms with E-state index in [-0.39, 0.29) is 36.4 Å². The highest BCUT2D eigenvalue weighted by atomic mass is 127. The number of carbonyl (C=O) groups excluding carboxylic acids is 1. The minimum absolute atomic E-state index is 0. The number of hydrogen-bond donors (Lipinski definition) is 1. The second kappa shape index (κ2) is 9.74. The second-order valence-corrected chi connectivity index (χ2v) is 6.82. The number of anilines is 1. The van der Waals surface area contributed by atoms with Gasteiger partial charge in [0.05, 0.1) is 17.6 Å². The first-order valence-electron chi connectivity index (χ1n) is 9.48. The van der Waals surface area contributed by atoms with Gasteiger partial charge in [-0.3, -0.25) is 14.5 Å². The molecule has 0 radical (unpaired) electrons. The van der Waals surface area contributed by atoms with E-state index in [1.807, 2.05) is 53.3 Å². The number of halogens is 1. The molecule has 0 unspecified atom stereocenters. The molecule has 0 saturated carbocycles. The van der Waals surface area contributed by atoms with E-state index < -0.39 is 0 Å². The number of benzene rings is 1. The first-order chi connectivity index (χ1) is 14.2. The van der Waals surface area contributed by atoms with Gasteiger partial charge in [0.1, 0.15) is 6.54 Å². The van der Waals surface area contributed by atoms with Crippen molar-refractivity contribution in [3.8, 4) is 5.69 Å². The molecule has 1 aromatic carbocycles. The molecule has 1 aliphatic rings. The molecule has 1 fully saturated rings. The van der Waals surface area contributed by atoms with Crippen LogP contribution in [0.2, 0.25) is 0 Å². The van der Waals surface area contributed by atoms with E-state index in [0.29, 0.717) is 25.6 Å². The molecular formula is C20H25IN8O. The Morgan fingerprint density at radius 2 is 2.03 bits per heavy atom. The van der Waals surface area contributed by atoms with Gasteiger partial charge in [-0.05, 0) is 17.7 Å². The van der Waals surface area contributed by atoms with Crippen LogP contribution < -0.4 is 10.2 Å². The van der Waals surface area contributed by atoms with E-state index in [4.69, 9.17) is 0 Å². The van der Waals surface area contributed by atoms with Gasteiger partial charge in [-0.15, -0.1) is 24.0 Å². The lowest BCUT2D eigenvalue weighted by atomic mass is 10.2. The zero-order valence-electron chi connectivity index (χ0n) is 17.0. The molecule has 3 aromatic rings. The number of aryl methyl sites for hydroxylation is 1. The zero-order valence-corrected chi connectivity index (χ0v) is 19.3. The zero-order chi connectivity index (χ0) is 20.2. The third-order valence-electron chi connectivity index (χ3n) is 4.91. The lowest BCUT2D eigenvalue weighted by Gasteiger charge is -2.35. The molecule has 0 bridgehead atoms. The fraction of sp³-hybridized carbons (Fsp3) is 0.300. The largest absolute Gasteiger partial charge is 0.352 e. The Hall–Kier alpha value is -2.89. The number of carbonyl (C=O) groups is 1. The van der Waals surface area contributed by atoms with E-state index in [2.05, 4.69) is 26.6 Å². The Morgan fingerprint density at radius 3 is 2.70 bits per heavy atom. The van der Waals surface area contributed by atoms with Crippen molar-refractivity contribution in [3.05, 3.63) is 60.7 Å². The number of piperazine rings is 1. The van der Waals surface area contributed by atoms with Gasteiger partial charge in [0, 0.05) is 52.3 Å². The molecule has 1 N–H and O–H groups in total. The molecule has 3 heterocycles. The maximum absolute atomic E-state index is 12.7. The molecule has 1 saturated heterocycles. The Kier molecular flexibility index (Phi) is 7.08. The first kappa shape index (κ1) is 21.8. The van der Waals surface area contributed by atoms with Gasteiger partial charge in [0.25, 0.3) is 0 Å². The van der Waals surface area contributed by atoms with Crippen LogP contribution in [-0.4, -0.2) is 63.0 Å². The van der Waals surface area contributed by atoms with Crippen molar-refractivity contribution >= 4 is 41.5 Å². The summed E-state index contributed by atoms with van der Waals surface area (Å²) in [6.07, 6.45) is 7.25. The van der Waals surface area contributed by atoms with Crippen molar-refractivity contribution in [3.63, 3.8) is 0 Å². The number of aliphatic imine (C=N–C) groups is 1. The van der Waals surface area contributed by atoms with Crippen LogP contribution in [0, 0.1) is 0 Å². The molecule has 4 rings (SSSR count). The van der Waals surface area contributed by atoms with Crippen molar-refractivity contribution in [2.24, 2.45) is 12.0 Å². The number of hydrogen-bond acceptors (Lipinski definition) is 4. The standard InChI is InChI=1S/C20H24N8O.HI/c1-21-20(22-12-16-6-3-4-7-18(16)28-9-5-8-23-28)26-10-11-27(19(29)15-26)17-13-24-25(2)14-17;/h3-9,13-14H,10-12,15H2,1-2H3,(H,21,22);1H. The van der Waals surface area contributed by atoms with Gasteiger partial charge in [0.2, 0.25) is 5.91 Å². The molecule has 2 aromatic heterocycles. The molecule has 30 heavy (non-hydrogen) atoms. The number of nitrogens with zero attached hydrogens (tertiary/aromatic N) is 7. The van der Waals surface area contributed by atoms with Gasteiger partial charge in [-0.2, -0.15) is 10.2 Å². The third-order valence-corrected chi connectivity index (χ3v) is 4.91. The summed E-state index contributed by atoms with van der Waals surface area (Å²) in [5.74, 6) is 0.739. The molecule has 0 spiro atoms. The molecule has 10 heteroatoms. The fourth-order valence-electron chi connectivity index (χ4n) is 3.48. The number of amides is 1. The highest BCUT2D eigenvalue weighted by molar-refractivity contribution is 14.0. The number of nitrogens with one attached hydrogen (secondary N) is 1. The summed E-state index contributed by atoms with van der Waals surface area (Å²) in [6.45, 7) is 2.14. The third kappa shape index (κ3) is 4.64. The summed E-state index contributed by atoms with van der Waals surface area (Å²) < 4.78 is 3.54. The molecular weight excluding hydrogens is 495 g/mol. The summed E-state index contributed by atoms with van der Waals surface area (Å²) in [5.41, 5.74) is 2.93. The van der Waals surface area contributed by atoms with Gasteiger partial charge in [-0.25, -0.2) is 4.68 Å². The van der Waals surface area contributed by atoms with E-state index in [0.717, 1.165) is 16.9 Å². The Balaban J connectivity index is 0.00000256. The monoisotopic (exact) mass is 520 g/mol. The smallest absolute Gasteiger partial charge is 0.246 e. The minimum Gasteiger partial charge on any atom is -0.352 e. The first-order valence-corrected chi connectivity index (χ1v) is 9.48. The van der Waals surface area contributed by atoms with Crippen molar-refractivity contribution in [2.75, 3.05) is 31.6 Å². The Bertz CT molecular complexity index is 1010. The molecule has 1 aliphatic heterocycles. The molecule has 9 nitrogen and oxygen atoms in total. The number of aromatic nitrogens is 4. The number of para-hydroxylation sites is 1. The topological polar surface area (TPSA) is 83.6 Å². The average Bonchev–Trinajstić information content (AvgIpc) is 3.41. The summed E-state index contributed by atoms with van der Waals surface area (Å²) >= 11 is 0. The normalized spacial score (nSPS) is 14.6. The van der Waals surface area contributed by atoms with Crippen molar-refractivity contribution in [1.29, 1.82) is 0 Å². The molecule has 0 aliphatic carbocycles. The van der Waals surface area contributed by atoms with Gasteiger partial charge >= 0.3 is 0 Å². The predicted molar refractivity (Wildman–Crippen MR) is 126 cm³/mol. The van der Waals surface area contributed by atoms with Crippen LogP contribution in [0.15, 0.2) is 60.1 Å². The average molecular weight is 520 g/mol. The lowest BCUT2D eigenvalue weighted by molar-refractivity contribution is -0.120. The van der Waals surface area contributed by atoms with Gasteiger partial charge < -0.3 is 15.1 Å². The maximum atomic E-state index is 12.7. The van der Waals surface area contributed by atoms with Crippen molar-refractivity contribution < 1.29 is 4.79 Å². The number of rotatable bonds is 4. The summed E-state index contributed by atoms with van der Waals surface area (Å²) in [5, 5.41) is 11.9. The van der Waals surface area contributed by atoms with E-state index >= 15 is 0 Å². The molecule has 0 atom stereocenters. The van der Waals surface area contributed by atoms with Crippen LogP contribution in [0.4, 0.5) is 5.69 Å². The summed E-state index contributed by atoms with van der Waals surface area (Å²) in [7, 11) is 3.58. The van der Waals surface area contributed by atoms with E-state index in [1.54, 1.807) is 29.0 Å². The van der Waals surface area contributed by atoms with Crippen LogP contribution >= 0.6 is 24.0 Å². The SMILES string of the molecule is CN=C(NCc1ccccc1-n1cccn1)N1CCN(c2cnn(C)c2)C(=O)C1.I. The minimum atomic E-state index is 0. The highest BCUT2D eigenvalue weighted by Gasteiger charge is 2.27. The second-order valence-electron chi connectivity index (χ2n) is 6.82. The van der Waals surface area contributed by atoms with Crippen molar-refractivity contribution in [2.45, 2.75) is 6.54 Å². The van der Waals surface area contributed by atoms with E-state index in [9.17, 15) is 4.79 Å². The van der Waals surface area contributed by atoms with Gasteiger partial charge in [0.15, 0.2) is 5.96 Å². The highest BCUT2D eigenvalue weighted by Crippen LogP contribution is 2.17. The van der Waals surface area contributed by atoms with Gasteiger partial charge in [-0.1, -0.05) is 18.2 Å². The molecule has 158 valence electrons. The van der Waals surface area contributed by atoms with Crippen LogP contribution in [-0.2, 0) is 18.4 Å². The maximum Gasteiger partial charge on any atom is 0.246 e. The van der Waals surface area contributed by atoms with E-state index in [1.165, 1.54) is 0 Å². The quantitative estimate of drug-likeness (QED) is 0.322. The van der Waals surface area contributed by atoms with Crippen molar-refractivity contribution in [1.82, 2.24) is 29.8 Å². The molecule has 1 amide bonds. The van der Waals surface area contributed by atoms with Crippen LogP contribution in [0.1, 0.15) is 5.56 Å².